The second kappa shape index (κ2) is 7.56. The molecular formula is C15H17N5O5S2. The van der Waals surface area contributed by atoms with Crippen molar-refractivity contribution in [1.82, 2.24) is 15.2 Å². The van der Waals surface area contributed by atoms with Crippen molar-refractivity contribution in [3.8, 4) is 0 Å². The van der Waals surface area contributed by atoms with Gasteiger partial charge in [-0.3, -0.25) is 9.59 Å². The van der Waals surface area contributed by atoms with Gasteiger partial charge in [-0.2, -0.15) is 0 Å². The second-order valence-corrected chi connectivity index (χ2v) is 8.04. The average Bonchev–Trinajstić information content (AvgIpc) is 3.05. The number of carbonyl (C=O) groups excluding carboxylic acids is 2. The molecule has 10 nitrogen and oxygen atoms in total. The molecule has 0 radical (unpaired) electrons. The van der Waals surface area contributed by atoms with Gasteiger partial charge in [0.15, 0.2) is 10.8 Å². The summed E-state index contributed by atoms with van der Waals surface area (Å²) >= 11 is 2.44. The molecule has 3 heterocycles. The smallest absolute Gasteiger partial charge is 0.334 e. The van der Waals surface area contributed by atoms with E-state index in [9.17, 15) is 19.5 Å². The molecule has 0 aliphatic carbocycles. The number of aromatic nitrogens is 1. The zero-order chi connectivity index (χ0) is 19.7. The van der Waals surface area contributed by atoms with Gasteiger partial charge in [-0.05, 0) is 13.8 Å². The maximum absolute atomic E-state index is 12.6. The number of nitrogen functional groups attached to an aromatic ring is 1. The molecule has 3 atom stereocenters. The summed E-state index contributed by atoms with van der Waals surface area (Å²) < 4.78 is 0. The first kappa shape index (κ1) is 19.2. The Bertz CT molecular complexity index is 851. The quantitative estimate of drug-likeness (QED) is 0.342. The molecular weight excluding hydrogens is 394 g/mol. The number of nitrogens with one attached hydrogen (secondary N) is 1. The minimum atomic E-state index is -1.07. The number of nitrogens with two attached hydrogens (primary N) is 1. The lowest BCUT2D eigenvalue weighted by Gasteiger charge is -2.48. The Morgan fingerprint density at radius 3 is 2.85 bits per heavy atom. The van der Waals surface area contributed by atoms with Gasteiger partial charge in [-0.25, -0.2) is 9.78 Å². The van der Waals surface area contributed by atoms with Crippen LogP contribution in [-0.4, -0.2) is 61.8 Å². The van der Waals surface area contributed by atoms with E-state index in [1.54, 1.807) is 19.2 Å². The molecule has 1 saturated heterocycles. The van der Waals surface area contributed by atoms with Crippen LogP contribution >= 0.6 is 23.1 Å². The Balaban J connectivity index is 1.76. The highest BCUT2D eigenvalue weighted by Gasteiger charge is 2.51. The van der Waals surface area contributed by atoms with E-state index in [1.165, 1.54) is 22.9 Å². The van der Waals surface area contributed by atoms with E-state index in [4.69, 9.17) is 10.6 Å². The summed E-state index contributed by atoms with van der Waals surface area (Å²) in [4.78, 5) is 46.5. The molecule has 0 spiro atoms. The van der Waals surface area contributed by atoms with Gasteiger partial charge in [0.2, 0.25) is 0 Å². The van der Waals surface area contributed by atoms with Crippen molar-refractivity contribution < 1.29 is 24.3 Å². The third kappa shape index (κ3) is 3.62. The van der Waals surface area contributed by atoms with E-state index in [0.29, 0.717) is 0 Å². The van der Waals surface area contributed by atoms with Crippen molar-refractivity contribution in [1.29, 1.82) is 0 Å². The van der Waals surface area contributed by atoms with Crippen LogP contribution in [0.4, 0.5) is 5.13 Å². The number of carbonyl (C=O) groups is 3. The van der Waals surface area contributed by atoms with E-state index < -0.39 is 17.9 Å². The van der Waals surface area contributed by atoms with Gasteiger partial charge in [0.1, 0.15) is 23.7 Å². The highest BCUT2D eigenvalue weighted by molar-refractivity contribution is 8.00. The number of fused-ring (bicyclic) bond motifs is 1. The van der Waals surface area contributed by atoms with Crippen LogP contribution in [0.15, 0.2) is 22.3 Å². The molecule has 0 saturated carbocycles. The van der Waals surface area contributed by atoms with Gasteiger partial charge >= 0.3 is 5.97 Å². The third-order valence-electron chi connectivity index (χ3n) is 3.94. The van der Waals surface area contributed by atoms with Crippen LogP contribution in [0.3, 0.4) is 0 Å². The number of carboxylic acid groups (broad SMARTS) is 1. The number of hydrogen-bond donors (Lipinski definition) is 3. The van der Waals surface area contributed by atoms with Crippen molar-refractivity contribution in [3.05, 3.63) is 22.8 Å². The number of nitrogens with zero attached hydrogens (tertiary/aromatic N) is 3. The summed E-state index contributed by atoms with van der Waals surface area (Å²) in [6.45, 7) is 3.71. The normalized spacial score (nSPS) is 24.6. The van der Waals surface area contributed by atoms with Gasteiger partial charge in [0.25, 0.3) is 11.8 Å². The number of rotatable bonds is 6. The first-order chi connectivity index (χ1) is 12.8. The van der Waals surface area contributed by atoms with E-state index in [1.807, 2.05) is 0 Å². The Labute approximate surface area is 162 Å². The van der Waals surface area contributed by atoms with Gasteiger partial charge in [-0.15, -0.1) is 23.1 Å². The van der Waals surface area contributed by atoms with Gasteiger partial charge in [0.05, 0.1) is 5.57 Å². The fourth-order valence-corrected chi connectivity index (χ4v) is 4.52. The number of oxime groups is 1. The summed E-state index contributed by atoms with van der Waals surface area (Å²) in [5.41, 5.74) is 5.93. The van der Waals surface area contributed by atoms with Crippen LogP contribution in [0.25, 0.3) is 0 Å². The van der Waals surface area contributed by atoms with E-state index in [2.05, 4.69) is 15.5 Å². The average molecular weight is 411 g/mol. The summed E-state index contributed by atoms with van der Waals surface area (Å²) in [6, 6.07) is -0.792. The monoisotopic (exact) mass is 411 g/mol. The molecule has 2 amide bonds. The molecule has 12 heteroatoms. The van der Waals surface area contributed by atoms with Crippen molar-refractivity contribution in [2.24, 2.45) is 5.16 Å². The number of β-lactam (4-membered cyclic amide) rings is 1. The van der Waals surface area contributed by atoms with Crippen LogP contribution in [0.5, 0.6) is 0 Å². The van der Waals surface area contributed by atoms with Crippen molar-refractivity contribution in [2.75, 3.05) is 12.3 Å². The minimum Gasteiger partial charge on any atom is -0.478 e. The predicted molar refractivity (Wildman–Crippen MR) is 100 cm³/mol. The Morgan fingerprint density at radius 1 is 1.52 bits per heavy atom. The van der Waals surface area contributed by atoms with Gasteiger partial charge < -0.3 is 25.9 Å². The topological polar surface area (TPSA) is 147 Å². The lowest BCUT2D eigenvalue weighted by Crippen LogP contribution is -2.69. The van der Waals surface area contributed by atoms with E-state index in [0.717, 1.165) is 11.3 Å². The molecule has 0 bridgehead atoms. The first-order valence-corrected chi connectivity index (χ1v) is 9.80. The second-order valence-electron chi connectivity index (χ2n) is 5.68. The fraction of sp³-hybridized carbons (Fsp3) is 0.400. The SMILES string of the molecule is CCON=C(C(=O)NC1C(=O)N2C=C(C(=O)O)C(C)S[C@H]12)c1csc(N)n1. The Hall–Kier alpha value is -2.60. The largest absolute Gasteiger partial charge is 0.478 e. The molecule has 2 unspecified atom stereocenters. The van der Waals surface area contributed by atoms with Crippen LogP contribution in [0, 0.1) is 0 Å². The van der Waals surface area contributed by atoms with E-state index in [-0.39, 0.29) is 45.2 Å². The summed E-state index contributed by atoms with van der Waals surface area (Å²) in [6.07, 6.45) is 1.33. The van der Waals surface area contributed by atoms with Crippen molar-refractivity contribution >= 4 is 51.7 Å². The molecule has 27 heavy (non-hydrogen) atoms. The predicted octanol–water partition coefficient (Wildman–Crippen LogP) is 0.223. The number of carboxylic acids is 1. The molecule has 4 N–H and O–H groups in total. The number of anilines is 1. The van der Waals surface area contributed by atoms with Crippen LogP contribution in [0.1, 0.15) is 19.5 Å². The molecule has 2 aliphatic heterocycles. The lowest BCUT2D eigenvalue weighted by atomic mass is 10.1. The maximum atomic E-state index is 12.6. The first-order valence-electron chi connectivity index (χ1n) is 7.98. The van der Waals surface area contributed by atoms with Crippen LogP contribution in [0.2, 0.25) is 0 Å². The number of thiazole rings is 1. The Morgan fingerprint density at radius 2 is 2.26 bits per heavy atom. The number of amides is 2. The lowest BCUT2D eigenvalue weighted by molar-refractivity contribution is -0.144. The highest BCUT2D eigenvalue weighted by Crippen LogP contribution is 2.40. The summed E-state index contributed by atoms with van der Waals surface area (Å²) in [5, 5.41) is 16.8. The molecule has 1 aromatic heterocycles. The van der Waals surface area contributed by atoms with Crippen LogP contribution < -0.4 is 11.1 Å². The van der Waals surface area contributed by atoms with E-state index >= 15 is 0 Å². The molecule has 3 rings (SSSR count). The molecule has 0 aromatic carbocycles. The summed E-state index contributed by atoms with van der Waals surface area (Å²) in [7, 11) is 0. The highest BCUT2D eigenvalue weighted by atomic mass is 32.2. The maximum Gasteiger partial charge on any atom is 0.334 e. The standard InChI is InChI=1S/C15H17N5O5S2/c1-3-25-19-9(8-5-26-15(16)17-8)11(21)18-10-12(22)20-4-7(14(23)24)6(2)27-13(10)20/h4-6,10,13H,3H2,1-2H3,(H2,16,17)(H,18,21)(H,23,24)/t6?,10?,13-/m1/s1. The zero-order valence-electron chi connectivity index (χ0n) is 14.4. The molecule has 2 aliphatic rings. The number of thioether (sulfide) groups is 1. The molecule has 144 valence electrons. The third-order valence-corrected chi connectivity index (χ3v) is 6.05. The minimum absolute atomic E-state index is 0.0772. The van der Waals surface area contributed by atoms with Gasteiger partial charge in [0, 0.05) is 16.8 Å². The van der Waals surface area contributed by atoms with Crippen LogP contribution in [-0.2, 0) is 19.2 Å². The Kier molecular flexibility index (Phi) is 5.37. The zero-order valence-corrected chi connectivity index (χ0v) is 16.0. The molecule has 1 fully saturated rings. The van der Waals surface area contributed by atoms with Crippen molar-refractivity contribution in [3.63, 3.8) is 0 Å². The molecule has 1 aromatic rings. The number of aliphatic carboxylic acids is 1. The van der Waals surface area contributed by atoms with Gasteiger partial charge in [-0.1, -0.05) is 5.16 Å². The summed E-state index contributed by atoms with van der Waals surface area (Å²) in [5.74, 6) is -2.07. The fourth-order valence-electron chi connectivity index (χ4n) is 2.61. The number of hydrogen-bond acceptors (Lipinski definition) is 9. The van der Waals surface area contributed by atoms with Crippen molar-refractivity contribution in [2.45, 2.75) is 30.5 Å².